The number of hydrogen-bond acceptors (Lipinski definition) is 7. The first kappa shape index (κ1) is 39.0. The van der Waals surface area contributed by atoms with Gasteiger partial charge in [-0.05, 0) is 99.2 Å². The molecular weight excluding hydrogens is 752 g/mol. The van der Waals surface area contributed by atoms with Crippen LogP contribution in [0.3, 0.4) is 0 Å². The number of hydrogen-bond donors (Lipinski definition) is 1. The molecule has 1 aliphatic rings. The molecule has 0 aliphatic carbocycles. The van der Waals surface area contributed by atoms with Crippen LogP contribution in [-0.2, 0) is 9.53 Å². The Labute approximate surface area is 325 Å². The van der Waals surface area contributed by atoms with Crippen molar-refractivity contribution in [2.45, 2.75) is 117 Å². The Bertz CT molecular complexity index is 2280. The van der Waals surface area contributed by atoms with Crippen LogP contribution in [-0.4, -0.2) is 62.7 Å². The fourth-order valence-corrected chi connectivity index (χ4v) is 8.74. The molecule has 8 nitrogen and oxygen atoms in total. The van der Waals surface area contributed by atoms with Crippen LogP contribution >= 0.6 is 28.6 Å². The molecule has 0 spiro atoms. The minimum Gasteiger partial charge on any atom is -0.487 e. The van der Waals surface area contributed by atoms with Crippen LogP contribution in [0, 0.1) is 0 Å². The summed E-state index contributed by atoms with van der Waals surface area (Å²) in [7, 11) is 0. The van der Waals surface area contributed by atoms with Gasteiger partial charge < -0.3 is 9.47 Å². The molecule has 0 atom stereocenters. The number of imide groups is 2. The summed E-state index contributed by atoms with van der Waals surface area (Å²) in [4.78, 5) is 58.2. The van der Waals surface area contributed by atoms with E-state index in [2.05, 4.69) is 28.6 Å². The van der Waals surface area contributed by atoms with Crippen LogP contribution < -0.4 is 4.74 Å². The number of benzene rings is 5. The van der Waals surface area contributed by atoms with Gasteiger partial charge in [0.25, 0.3) is 17.7 Å². The van der Waals surface area contributed by atoms with Crippen molar-refractivity contribution in [2.24, 2.45) is 0 Å². The Kier molecular flexibility index (Phi) is 10.7. The van der Waals surface area contributed by atoms with Crippen molar-refractivity contribution in [1.29, 1.82) is 0 Å². The van der Waals surface area contributed by atoms with E-state index in [-0.39, 0.29) is 35.7 Å². The minimum atomic E-state index is -0.736. The summed E-state index contributed by atoms with van der Waals surface area (Å²) < 4.78 is 13.7. The van der Waals surface area contributed by atoms with Gasteiger partial charge in [-0.2, -0.15) is 0 Å². The number of amides is 4. The van der Waals surface area contributed by atoms with E-state index in [0.29, 0.717) is 71.9 Å². The second-order valence-corrected chi connectivity index (χ2v) is 17.2. The third kappa shape index (κ3) is 6.69. The van der Waals surface area contributed by atoms with E-state index in [4.69, 9.17) is 9.47 Å². The van der Waals surface area contributed by atoms with Gasteiger partial charge in [-0.15, -0.1) is 12.6 Å². The predicted octanol–water partition coefficient (Wildman–Crippen LogP) is 10.7. The summed E-state index contributed by atoms with van der Waals surface area (Å²) in [6, 6.07) is 12.6. The van der Waals surface area contributed by atoms with Crippen molar-refractivity contribution in [3.8, 4) is 5.75 Å². The molecule has 0 radical (unpaired) electrons. The number of nitrogens with zero attached hydrogens (tertiary/aromatic N) is 2. The largest absolute Gasteiger partial charge is 0.487 e. The molecule has 1 heterocycles. The highest BCUT2D eigenvalue weighted by molar-refractivity contribution is 9.10. The Balaban J connectivity index is 1.71. The molecule has 1 aliphatic heterocycles. The third-order valence-corrected chi connectivity index (χ3v) is 11.6. The number of ether oxygens (including phenoxy) is 2. The van der Waals surface area contributed by atoms with Gasteiger partial charge in [-0.25, -0.2) is 0 Å². The highest BCUT2D eigenvalue weighted by Gasteiger charge is 2.39. The first-order valence-corrected chi connectivity index (χ1v) is 19.9. The van der Waals surface area contributed by atoms with Crippen LogP contribution in [0.25, 0.3) is 43.1 Å². The van der Waals surface area contributed by atoms with Gasteiger partial charge in [0.2, 0.25) is 5.91 Å². The lowest BCUT2D eigenvalue weighted by Crippen LogP contribution is -2.46. The van der Waals surface area contributed by atoms with E-state index < -0.39 is 10.5 Å². The normalized spacial score (nSPS) is 13.9. The fourth-order valence-electron chi connectivity index (χ4n) is 8.11. The molecule has 0 N–H and O–H groups in total. The van der Waals surface area contributed by atoms with Gasteiger partial charge in [-0.3, -0.25) is 29.0 Å². The quantitative estimate of drug-likeness (QED) is 0.0419. The molecular formula is C43H49BrN2O6S. The van der Waals surface area contributed by atoms with Crippen molar-refractivity contribution in [3.63, 3.8) is 0 Å². The monoisotopic (exact) mass is 800 g/mol. The molecule has 0 fully saturated rings. The topological polar surface area (TPSA) is 93.2 Å². The molecule has 0 bridgehead atoms. The lowest BCUT2D eigenvalue weighted by molar-refractivity contribution is -0.128. The summed E-state index contributed by atoms with van der Waals surface area (Å²) in [5, 5.41) is 6.10. The molecule has 280 valence electrons. The van der Waals surface area contributed by atoms with Gasteiger partial charge >= 0.3 is 0 Å². The maximum atomic E-state index is 14.5. The zero-order chi connectivity index (χ0) is 38.7. The molecule has 5 aromatic rings. The van der Waals surface area contributed by atoms with E-state index in [1.807, 2.05) is 85.7 Å². The number of carbonyl (C=O) groups is 4. The van der Waals surface area contributed by atoms with Crippen LogP contribution in [0.1, 0.15) is 125 Å². The summed E-state index contributed by atoms with van der Waals surface area (Å²) in [6.07, 6.45) is 3.11. The van der Waals surface area contributed by atoms with E-state index in [1.165, 1.54) is 16.7 Å². The molecule has 53 heavy (non-hydrogen) atoms. The van der Waals surface area contributed by atoms with Crippen molar-refractivity contribution < 1.29 is 28.7 Å². The Morgan fingerprint density at radius 3 is 2.00 bits per heavy atom. The average molecular weight is 802 g/mol. The Hall–Kier alpha value is -3.73. The molecule has 0 aromatic heterocycles. The van der Waals surface area contributed by atoms with Crippen molar-refractivity contribution in [1.82, 2.24) is 9.80 Å². The van der Waals surface area contributed by atoms with Crippen LogP contribution in [0.2, 0.25) is 0 Å². The van der Waals surface area contributed by atoms with Crippen molar-refractivity contribution >= 4 is 95.3 Å². The summed E-state index contributed by atoms with van der Waals surface area (Å²) in [5.41, 5.74) is 0.586. The molecule has 0 saturated carbocycles. The van der Waals surface area contributed by atoms with E-state index in [1.54, 1.807) is 12.1 Å². The number of rotatable bonds is 13. The van der Waals surface area contributed by atoms with Gasteiger partial charge in [0, 0.05) is 62.6 Å². The van der Waals surface area contributed by atoms with Gasteiger partial charge in [0.05, 0.1) is 12.2 Å². The van der Waals surface area contributed by atoms with Crippen molar-refractivity contribution in [3.05, 3.63) is 63.6 Å². The Morgan fingerprint density at radius 2 is 1.40 bits per heavy atom. The molecule has 5 aromatic carbocycles. The van der Waals surface area contributed by atoms with Gasteiger partial charge in [0.1, 0.15) is 16.3 Å². The minimum absolute atomic E-state index is 0.233. The lowest BCUT2D eigenvalue weighted by atomic mass is 9.83. The zero-order valence-electron chi connectivity index (χ0n) is 32.1. The van der Waals surface area contributed by atoms with Crippen LogP contribution in [0.5, 0.6) is 5.75 Å². The molecule has 6 rings (SSSR count). The first-order valence-electron chi connectivity index (χ1n) is 18.7. The highest BCUT2D eigenvalue weighted by atomic mass is 79.9. The number of thiol groups is 1. The molecule has 0 unspecified atom stereocenters. The third-order valence-electron chi connectivity index (χ3n) is 10.8. The van der Waals surface area contributed by atoms with Gasteiger partial charge in [-0.1, -0.05) is 61.8 Å². The van der Waals surface area contributed by atoms with Gasteiger partial charge in [0.15, 0.2) is 0 Å². The lowest BCUT2D eigenvalue weighted by Gasteiger charge is -2.35. The first-order chi connectivity index (χ1) is 25.0. The highest BCUT2D eigenvalue weighted by Crippen LogP contribution is 2.50. The molecule has 0 saturated heterocycles. The van der Waals surface area contributed by atoms with Crippen molar-refractivity contribution in [2.75, 3.05) is 6.61 Å². The van der Waals surface area contributed by atoms with Crippen LogP contribution in [0.4, 0.5) is 0 Å². The van der Waals surface area contributed by atoms with E-state index in [9.17, 15) is 19.2 Å². The predicted molar refractivity (Wildman–Crippen MR) is 220 cm³/mol. The van der Waals surface area contributed by atoms with E-state index >= 15 is 0 Å². The maximum Gasteiger partial charge on any atom is 0.261 e. The summed E-state index contributed by atoms with van der Waals surface area (Å²) >= 11 is 8.35. The van der Waals surface area contributed by atoms with Crippen LogP contribution in [0.15, 0.2) is 46.9 Å². The SMILES string of the molecule is CCC(CC)N(C(C)=O)C(=O)c1ccc2c3c(OC(C)(C)CCOC(C)(C)S)cc4c5c(ccc(c6c(Br)ccc1c26)c53)C(=O)N(C(CC)CC)C4=O. The van der Waals surface area contributed by atoms with E-state index in [0.717, 1.165) is 36.8 Å². The number of carbonyl (C=O) groups excluding carboxylic acids is 4. The summed E-state index contributed by atoms with van der Waals surface area (Å²) in [6.45, 7) is 17.5. The second kappa shape index (κ2) is 14.5. The number of halogens is 1. The maximum absolute atomic E-state index is 14.5. The molecule has 10 heteroatoms. The summed E-state index contributed by atoms with van der Waals surface area (Å²) in [5.74, 6) is -0.775. The standard InChI is InChI=1S/C43H49BrN2O6S/c1-10-24(11-2)45(23(5)47)39(48)27-14-15-28-34-26(27)18-19-32(44)36(34)29-16-17-30-35-31(41(50)46(40(30)49)25(12-3)13-4)22-33(37(28)38(29)35)52-42(6,7)20-21-51-43(8,9)53/h14-19,22,24-25,53H,10-13,20-21H2,1-9H3. The fraction of sp³-hybridized carbons (Fsp3) is 0.442. The number of fused-ring (bicyclic) bond motifs is 2. The smallest absolute Gasteiger partial charge is 0.261 e. The second-order valence-electron chi connectivity index (χ2n) is 15.2. The zero-order valence-corrected chi connectivity index (χ0v) is 34.6. The molecule has 4 amide bonds. The Morgan fingerprint density at radius 1 is 0.792 bits per heavy atom. The average Bonchev–Trinajstić information content (AvgIpc) is 3.09.